The van der Waals surface area contributed by atoms with Gasteiger partial charge in [-0.3, -0.25) is 4.79 Å². The summed E-state index contributed by atoms with van der Waals surface area (Å²) in [6.07, 6.45) is 0. The highest BCUT2D eigenvalue weighted by atomic mass is 79.9. The molecule has 0 aliphatic rings. The van der Waals surface area contributed by atoms with Crippen molar-refractivity contribution in [3.8, 4) is 0 Å². The van der Waals surface area contributed by atoms with Crippen LogP contribution < -0.4 is 0 Å². The SMILES string of the molecule is Cc1cscc1C(=O)c1cc(F)c(Br)cc1F. The van der Waals surface area contributed by atoms with Gasteiger partial charge in [-0.15, -0.1) is 0 Å². The van der Waals surface area contributed by atoms with Crippen LogP contribution in [0.25, 0.3) is 0 Å². The van der Waals surface area contributed by atoms with Crippen molar-refractivity contribution in [2.75, 3.05) is 0 Å². The molecule has 5 heteroatoms. The molecule has 2 rings (SSSR count). The summed E-state index contributed by atoms with van der Waals surface area (Å²) in [5.74, 6) is -1.87. The van der Waals surface area contributed by atoms with Crippen molar-refractivity contribution in [3.05, 3.63) is 55.7 Å². The highest BCUT2D eigenvalue weighted by Gasteiger charge is 2.18. The molecule has 0 saturated heterocycles. The maximum Gasteiger partial charge on any atom is 0.197 e. The smallest absolute Gasteiger partial charge is 0.197 e. The van der Waals surface area contributed by atoms with Gasteiger partial charge >= 0.3 is 0 Å². The molecule has 1 heterocycles. The third kappa shape index (κ3) is 2.30. The quantitative estimate of drug-likeness (QED) is 0.595. The Morgan fingerprint density at radius 3 is 2.47 bits per heavy atom. The predicted molar refractivity (Wildman–Crippen MR) is 66.5 cm³/mol. The average Bonchev–Trinajstić information content (AvgIpc) is 2.69. The lowest BCUT2D eigenvalue weighted by Crippen LogP contribution is -2.05. The first-order valence-electron chi connectivity index (χ1n) is 4.72. The topological polar surface area (TPSA) is 17.1 Å². The van der Waals surface area contributed by atoms with Crippen LogP contribution in [0, 0.1) is 18.6 Å². The van der Waals surface area contributed by atoms with Gasteiger partial charge in [0.05, 0.1) is 10.0 Å². The summed E-state index contributed by atoms with van der Waals surface area (Å²) in [5.41, 5.74) is 0.936. The monoisotopic (exact) mass is 316 g/mol. The minimum atomic E-state index is -0.728. The van der Waals surface area contributed by atoms with Gasteiger partial charge in [0, 0.05) is 10.9 Å². The zero-order chi connectivity index (χ0) is 12.6. The number of thiophene rings is 1. The van der Waals surface area contributed by atoms with Crippen LogP contribution >= 0.6 is 27.3 Å². The molecule has 0 unspecified atom stereocenters. The number of rotatable bonds is 2. The van der Waals surface area contributed by atoms with E-state index in [1.165, 1.54) is 11.3 Å². The number of carbonyl (C=O) groups excluding carboxylic acids is 1. The van der Waals surface area contributed by atoms with Crippen LogP contribution in [0.3, 0.4) is 0 Å². The van der Waals surface area contributed by atoms with Crippen molar-refractivity contribution in [2.45, 2.75) is 6.92 Å². The first-order valence-corrected chi connectivity index (χ1v) is 6.46. The van der Waals surface area contributed by atoms with Crippen molar-refractivity contribution in [3.63, 3.8) is 0 Å². The molecule has 1 aromatic heterocycles. The van der Waals surface area contributed by atoms with Crippen molar-refractivity contribution < 1.29 is 13.6 Å². The Morgan fingerprint density at radius 1 is 1.18 bits per heavy atom. The van der Waals surface area contributed by atoms with Gasteiger partial charge in [0.2, 0.25) is 0 Å². The maximum atomic E-state index is 13.6. The Labute approximate surface area is 109 Å². The van der Waals surface area contributed by atoms with Crippen LogP contribution in [0.4, 0.5) is 8.78 Å². The summed E-state index contributed by atoms with van der Waals surface area (Å²) in [6.45, 7) is 1.76. The third-order valence-electron chi connectivity index (χ3n) is 2.35. The summed E-state index contributed by atoms with van der Waals surface area (Å²) in [7, 11) is 0. The Hall–Kier alpha value is -1.07. The van der Waals surface area contributed by atoms with Gasteiger partial charge in [-0.25, -0.2) is 8.78 Å². The molecule has 17 heavy (non-hydrogen) atoms. The molecular weight excluding hydrogens is 310 g/mol. The summed E-state index contributed by atoms with van der Waals surface area (Å²) in [6, 6.07) is 1.88. The van der Waals surface area contributed by atoms with Gasteiger partial charge in [-0.1, -0.05) is 0 Å². The van der Waals surface area contributed by atoms with Crippen LogP contribution in [0.15, 0.2) is 27.4 Å². The van der Waals surface area contributed by atoms with E-state index in [9.17, 15) is 13.6 Å². The molecule has 0 N–H and O–H groups in total. The number of aryl methyl sites for hydroxylation is 1. The highest BCUT2D eigenvalue weighted by molar-refractivity contribution is 9.10. The minimum absolute atomic E-state index is 0.00795. The number of benzene rings is 1. The molecule has 0 spiro atoms. The Kier molecular flexibility index (Phi) is 3.40. The molecule has 0 radical (unpaired) electrons. The first-order chi connectivity index (χ1) is 8.00. The molecule has 0 aliphatic heterocycles. The number of hydrogen-bond donors (Lipinski definition) is 0. The van der Waals surface area contributed by atoms with E-state index >= 15 is 0 Å². The third-order valence-corrected chi connectivity index (χ3v) is 3.82. The zero-order valence-corrected chi connectivity index (χ0v) is 11.2. The molecule has 88 valence electrons. The van der Waals surface area contributed by atoms with Crippen LogP contribution in [0.1, 0.15) is 21.5 Å². The molecule has 0 aliphatic carbocycles. The van der Waals surface area contributed by atoms with Crippen LogP contribution in [-0.2, 0) is 0 Å². The van der Waals surface area contributed by atoms with Crippen molar-refractivity contribution in [1.82, 2.24) is 0 Å². The summed E-state index contributed by atoms with van der Waals surface area (Å²) in [5, 5.41) is 3.43. The van der Waals surface area contributed by atoms with E-state index in [0.29, 0.717) is 5.56 Å². The molecule has 1 nitrogen and oxygen atoms in total. The lowest BCUT2D eigenvalue weighted by atomic mass is 10.0. The summed E-state index contributed by atoms with van der Waals surface area (Å²) >= 11 is 4.22. The van der Waals surface area contributed by atoms with Gasteiger partial charge < -0.3 is 0 Å². The first kappa shape index (κ1) is 12.4. The van der Waals surface area contributed by atoms with Gasteiger partial charge in [-0.05, 0) is 45.9 Å². The Balaban J connectivity index is 2.52. The minimum Gasteiger partial charge on any atom is -0.288 e. The molecule has 0 fully saturated rings. The average molecular weight is 317 g/mol. The molecule has 0 bridgehead atoms. The fraction of sp³-hybridized carbons (Fsp3) is 0.0833. The van der Waals surface area contributed by atoms with Crippen LogP contribution in [0.5, 0.6) is 0 Å². The second kappa shape index (κ2) is 4.66. The second-order valence-corrected chi connectivity index (χ2v) is 5.14. The molecule has 0 saturated carbocycles. The van der Waals surface area contributed by atoms with E-state index in [0.717, 1.165) is 17.7 Å². The maximum absolute atomic E-state index is 13.6. The van der Waals surface area contributed by atoms with Gasteiger partial charge in [0.1, 0.15) is 11.6 Å². The van der Waals surface area contributed by atoms with Crippen molar-refractivity contribution in [2.24, 2.45) is 0 Å². The van der Waals surface area contributed by atoms with Gasteiger partial charge in [-0.2, -0.15) is 11.3 Å². The van der Waals surface area contributed by atoms with E-state index in [4.69, 9.17) is 0 Å². The fourth-order valence-corrected chi connectivity index (χ4v) is 2.58. The summed E-state index contributed by atoms with van der Waals surface area (Å²) in [4.78, 5) is 12.0. The van der Waals surface area contributed by atoms with E-state index in [-0.39, 0.29) is 10.0 Å². The van der Waals surface area contributed by atoms with Gasteiger partial charge in [0.15, 0.2) is 5.78 Å². The predicted octanol–water partition coefficient (Wildman–Crippen LogP) is 4.33. The lowest BCUT2D eigenvalue weighted by Gasteiger charge is -2.04. The molecule has 1 aromatic carbocycles. The van der Waals surface area contributed by atoms with Crippen molar-refractivity contribution >= 4 is 33.0 Å². The van der Waals surface area contributed by atoms with Gasteiger partial charge in [0.25, 0.3) is 0 Å². The molecule has 0 atom stereocenters. The number of carbonyl (C=O) groups is 1. The second-order valence-electron chi connectivity index (χ2n) is 3.54. The molecule has 2 aromatic rings. The highest BCUT2D eigenvalue weighted by Crippen LogP contribution is 2.24. The van der Waals surface area contributed by atoms with Crippen LogP contribution in [-0.4, -0.2) is 5.78 Å². The van der Waals surface area contributed by atoms with E-state index < -0.39 is 17.4 Å². The van der Waals surface area contributed by atoms with Crippen molar-refractivity contribution in [1.29, 1.82) is 0 Å². The molecular formula is C12H7BrF2OS. The molecule has 0 amide bonds. The normalized spacial score (nSPS) is 10.6. The number of halogens is 3. The van der Waals surface area contributed by atoms with Crippen LogP contribution in [0.2, 0.25) is 0 Å². The van der Waals surface area contributed by atoms with E-state index in [2.05, 4.69) is 15.9 Å². The van der Waals surface area contributed by atoms with E-state index in [1.54, 1.807) is 17.7 Å². The Bertz CT molecular complexity index is 592. The summed E-state index contributed by atoms with van der Waals surface area (Å²) < 4.78 is 26.9. The van der Waals surface area contributed by atoms with E-state index in [1.807, 2.05) is 0 Å². The number of ketones is 1. The zero-order valence-electron chi connectivity index (χ0n) is 8.76. The lowest BCUT2D eigenvalue weighted by molar-refractivity contribution is 0.103. The largest absolute Gasteiger partial charge is 0.288 e. The standard InChI is InChI=1S/C12H7BrF2OS/c1-6-4-17-5-8(6)12(16)7-2-11(15)9(13)3-10(7)14/h2-5H,1H3. The Morgan fingerprint density at radius 2 is 1.88 bits per heavy atom. The fourth-order valence-electron chi connectivity index (χ4n) is 1.43. The number of hydrogen-bond acceptors (Lipinski definition) is 2.